The number of imidazole rings is 1. The Kier molecular flexibility index (Phi) is 5.31. The maximum absolute atomic E-state index is 13.2. The van der Waals surface area contributed by atoms with Crippen LogP contribution in [-0.4, -0.2) is 63.7 Å². The summed E-state index contributed by atoms with van der Waals surface area (Å²) in [6, 6.07) is 10.8. The van der Waals surface area contributed by atoms with Crippen molar-refractivity contribution in [3.63, 3.8) is 0 Å². The third kappa shape index (κ3) is 3.40. The van der Waals surface area contributed by atoms with Crippen LogP contribution in [0.25, 0.3) is 5.69 Å². The number of benzene rings is 1. The lowest BCUT2D eigenvalue weighted by Crippen LogP contribution is -2.51. The molecule has 0 N–H and O–H groups in total. The van der Waals surface area contributed by atoms with Gasteiger partial charge in [0, 0.05) is 37.9 Å². The normalized spacial score (nSPS) is 19.2. The Morgan fingerprint density at radius 3 is 2.42 bits per heavy atom. The smallest absolute Gasteiger partial charge is 0.272 e. The molecule has 5 nitrogen and oxygen atoms in total. The van der Waals surface area contributed by atoms with E-state index in [9.17, 15) is 4.79 Å². The van der Waals surface area contributed by atoms with E-state index in [-0.39, 0.29) is 5.91 Å². The Morgan fingerprint density at radius 2 is 1.77 bits per heavy atom. The molecule has 1 saturated carbocycles. The van der Waals surface area contributed by atoms with Crippen LogP contribution in [0.1, 0.15) is 36.2 Å². The van der Waals surface area contributed by atoms with E-state index in [1.54, 1.807) is 18.0 Å². The summed E-state index contributed by atoms with van der Waals surface area (Å²) < 4.78 is 1.98. The van der Waals surface area contributed by atoms with Gasteiger partial charge in [0.15, 0.2) is 5.16 Å². The standard InChI is InChI=1S/C20H26N4OS/c1-26-20-21-15-18(24(20)17-9-3-2-4-10-17)19(25)23-13-11-22(12-14-23)16-7-5-6-8-16/h2-4,9-10,15-16H,5-8,11-14H2,1H3. The quantitative estimate of drug-likeness (QED) is 0.775. The Labute approximate surface area is 159 Å². The number of piperazine rings is 1. The molecule has 138 valence electrons. The van der Waals surface area contributed by atoms with Crippen LogP contribution in [0.3, 0.4) is 0 Å². The lowest BCUT2D eigenvalue weighted by molar-refractivity contribution is 0.0565. The highest BCUT2D eigenvalue weighted by molar-refractivity contribution is 7.98. The summed E-state index contributed by atoms with van der Waals surface area (Å²) in [6.07, 6.45) is 9.09. The van der Waals surface area contributed by atoms with E-state index in [0.717, 1.165) is 43.1 Å². The molecule has 2 fully saturated rings. The fourth-order valence-corrected chi connectivity index (χ4v) is 4.72. The number of para-hydroxylation sites is 1. The average molecular weight is 371 g/mol. The van der Waals surface area contributed by atoms with Gasteiger partial charge in [0.2, 0.25) is 0 Å². The summed E-state index contributed by atoms with van der Waals surface area (Å²) >= 11 is 1.57. The van der Waals surface area contributed by atoms with E-state index in [0.29, 0.717) is 5.69 Å². The van der Waals surface area contributed by atoms with Crippen molar-refractivity contribution < 1.29 is 4.79 Å². The first-order valence-corrected chi connectivity index (χ1v) is 10.7. The zero-order chi connectivity index (χ0) is 17.9. The summed E-state index contributed by atoms with van der Waals surface area (Å²) in [5, 5.41) is 0.851. The molecule has 0 spiro atoms. The van der Waals surface area contributed by atoms with E-state index in [4.69, 9.17) is 0 Å². The van der Waals surface area contributed by atoms with Gasteiger partial charge in [0.1, 0.15) is 5.69 Å². The Hall–Kier alpha value is -1.79. The molecular weight excluding hydrogens is 344 g/mol. The summed E-state index contributed by atoms with van der Waals surface area (Å²) in [5.41, 5.74) is 1.65. The van der Waals surface area contributed by atoms with Crippen LogP contribution in [0.2, 0.25) is 0 Å². The van der Waals surface area contributed by atoms with Crippen LogP contribution in [-0.2, 0) is 0 Å². The first-order valence-electron chi connectivity index (χ1n) is 9.48. The summed E-state index contributed by atoms with van der Waals surface area (Å²) in [6.45, 7) is 3.60. The Morgan fingerprint density at radius 1 is 1.08 bits per heavy atom. The van der Waals surface area contributed by atoms with Gasteiger partial charge in [0.05, 0.1) is 6.20 Å². The third-order valence-corrected chi connectivity index (χ3v) is 6.24. The molecular formula is C20H26N4OS. The van der Waals surface area contributed by atoms with Crippen molar-refractivity contribution in [2.75, 3.05) is 32.4 Å². The molecule has 4 rings (SSSR count). The number of nitrogens with zero attached hydrogens (tertiary/aromatic N) is 4. The second-order valence-corrected chi connectivity index (χ2v) is 7.84. The monoisotopic (exact) mass is 370 g/mol. The fourth-order valence-electron chi connectivity index (χ4n) is 4.18. The van der Waals surface area contributed by atoms with Gasteiger partial charge in [-0.25, -0.2) is 4.98 Å². The molecule has 1 aromatic heterocycles. The lowest BCUT2D eigenvalue weighted by atomic mass is 10.1. The lowest BCUT2D eigenvalue weighted by Gasteiger charge is -2.38. The molecule has 2 heterocycles. The molecule has 0 unspecified atom stereocenters. The second kappa shape index (κ2) is 7.84. The molecule has 6 heteroatoms. The molecule has 1 aliphatic carbocycles. The molecule has 2 aliphatic rings. The van der Waals surface area contributed by atoms with Gasteiger partial charge < -0.3 is 4.90 Å². The fraction of sp³-hybridized carbons (Fsp3) is 0.500. The van der Waals surface area contributed by atoms with Crippen LogP contribution < -0.4 is 0 Å². The number of rotatable bonds is 4. The van der Waals surface area contributed by atoms with Gasteiger partial charge in [-0.3, -0.25) is 14.3 Å². The van der Waals surface area contributed by atoms with E-state index < -0.39 is 0 Å². The number of amides is 1. The zero-order valence-corrected chi connectivity index (χ0v) is 16.1. The van der Waals surface area contributed by atoms with Crippen LogP contribution in [0.4, 0.5) is 0 Å². The number of aromatic nitrogens is 2. The second-order valence-electron chi connectivity index (χ2n) is 7.07. The minimum absolute atomic E-state index is 0.0905. The molecule has 0 atom stereocenters. The number of hydrogen-bond donors (Lipinski definition) is 0. The van der Waals surface area contributed by atoms with Crippen molar-refractivity contribution in [1.29, 1.82) is 0 Å². The molecule has 0 bridgehead atoms. The van der Waals surface area contributed by atoms with E-state index >= 15 is 0 Å². The van der Waals surface area contributed by atoms with Crippen LogP contribution >= 0.6 is 11.8 Å². The van der Waals surface area contributed by atoms with Crippen molar-refractivity contribution >= 4 is 17.7 Å². The third-order valence-electron chi connectivity index (χ3n) is 5.59. The summed E-state index contributed by atoms with van der Waals surface area (Å²) in [4.78, 5) is 22.2. The maximum atomic E-state index is 13.2. The van der Waals surface area contributed by atoms with Crippen molar-refractivity contribution in [2.24, 2.45) is 0 Å². The van der Waals surface area contributed by atoms with Crippen molar-refractivity contribution in [2.45, 2.75) is 36.9 Å². The van der Waals surface area contributed by atoms with E-state index in [1.165, 1.54) is 25.7 Å². The van der Waals surface area contributed by atoms with Gasteiger partial charge in [-0.15, -0.1) is 0 Å². The zero-order valence-electron chi connectivity index (χ0n) is 15.3. The van der Waals surface area contributed by atoms with Gasteiger partial charge in [0.25, 0.3) is 5.91 Å². The SMILES string of the molecule is CSc1ncc(C(=O)N2CCN(C3CCCC3)CC2)n1-c1ccccc1. The van der Waals surface area contributed by atoms with Crippen LogP contribution in [0, 0.1) is 0 Å². The van der Waals surface area contributed by atoms with Crippen molar-refractivity contribution in [1.82, 2.24) is 19.4 Å². The molecule has 1 amide bonds. The number of carbonyl (C=O) groups is 1. The average Bonchev–Trinajstić information content (AvgIpc) is 3.38. The molecule has 26 heavy (non-hydrogen) atoms. The summed E-state index contributed by atoms with van der Waals surface area (Å²) in [5.74, 6) is 0.0905. The number of thioether (sulfide) groups is 1. The summed E-state index contributed by atoms with van der Waals surface area (Å²) in [7, 11) is 0. The molecule has 0 radical (unpaired) electrons. The predicted molar refractivity (Wildman–Crippen MR) is 105 cm³/mol. The molecule has 1 aliphatic heterocycles. The minimum Gasteiger partial charge on any atom is -0.335 e. The molecule has 1 saturated heterocycles. The van der Waals surface area contributed by atoms with Gasteiger partial charge >= 0.3 is 0 Å². The highest BCUT2D eigenvalue weighted by atomic mass is 32.2. The highest BCUT2D eigenvalue weighted by Gasteiger charge is 2.30. The van der Waals surface area contributed by atoms with Crippen molar-refractivity contribution in [3.8, 4) is 5.69 Å². The van der Waals surface area contributed by atoms with Crippen LogP contribution in [0.5, 0.6) is 0 Å². The number of carbonyl (C=O) groups excluding carboxylic acids is 1. The van der Waals surface area contributed by atoms with E-state index in [2.05, 4.69) is 9.88 Å². The first kappa shape index (κ1) is 17.6. The van der Waals surface area contributed by atoms with Crippen molar-refractivity contribution in [3.05, 3.63) is 42.2 Å². The Bertz CT molecular complexity index is 746. The first-order chi connectivity index (χ1) is 12.8. The van der Waals surface area contributed by atoms with E-state index in [1.807, 2.05) is 46.1 Å². The molecule has 1 aromatic carbocycles. The minimum atomic E-state index is 0.0905. The largest absolute Gasteiger partial charge is 0.335 e. The molecule has 2 aromatic rings. The highest BCUT2D eigenvalue weighted by Crippen LogP contribution is 2.26. The van der Waals surface area contributed by atoms with Gasteiger partial charge in [-0.05, 0) is 31.2 Å². The van der Waals surface area contributed by atoms with Gasteiger partial charge in [-0.1, -0.05) is 42.8 Å². The Balaban J connectivity index is 1.51. The maximum Gasteiger partial charge on any atom is 0.272 e. The van der Waals surface area contributed by atoms with Gasteiger partial charge in [-0.2, -0.15) is 0 Å². The predicted octanol–water partition coefficient (Wildman–Crippen LogP) is 3.29. The number of hydrogen-bond acceptors (Lipinski definition) is 4. The van der Waals surface area contributed by atoms with Crippen LogP contribution in [0.15, 0.2) is 41.7 Å². The topological polar surface area (TPSA) is 41.4 Å².